The van der Waals surface area contributed by atoms with Gasteiger partial charge in [-0.2, -0.15) is 0 Å². The Balaban J connectivity index is 2.01. The van der Waals surface area contributed by atoms with E-state index < -0.39 is 11.4 Å². The summed E-state index contributed by atoms with van der Waals surface area (Å²) in [5, 5.41) is 9.30. The third-order valence-electron chi connectivity index (χ3n) is 4.41. The monoisotopic (exact) mass is 268 g/mol. The number of rotatable bonds is 1. The van der Waals surface area contributed by atoms with Crippen LogP contribution in [-0.2, 0) is 4.79 Å². The van der Waals surface area contributed by atoms with Crippen molar-refractivity contribution in [1.29, 1.82) is 0 Å². The summed E-state index contributed by atoms with van der Waals surface area (Å²) in [4.78, 5) is 27.4. The van der Waals surface area contributed by atoms with Gasteiger partial charge in [0.25, 0.3) is 0 Å². The van der Waals surface area contributed by atoms with Crippen molar-refractivity contribution in [3.05, 3.63) is 0 Å². The van der Waals surface area contributed by atoms with Gasteiger partial charge in [-0.25, -0.2) is 4.79 Å². The average molecular weight is 268 g/mol. The molecule has 0 aromatic rings. The van der Waals surface area contributed by atoms with Gasteiger partial charge in [-0.3, -0.25) is 4.79 Å². The molecule has 0 radical (unpaired) electrons. The number of aliphatic carboxylic acids is 1. The maximum Gasteiger partial charge on any atom is 0.320 e. The van der Waals surface area contributed by atoms with Crippen molar-refractivity contribution in [2.24, 2.45) is 11.3 Å². The van der Waals surface area contributed by atoms with Crippen LogP contribution in [0.2, 0.25) is 0 Å². The van der Waals surface area contributed by atoms with Gasteiger partial charge in [0.15, 0.2) is 0 Å². The first-order valence-corrected chi connectivity index (χ1v) is 7.19. The predicted molar refractivity (Wildman–Crippen MR) is 71.9 cm³/mol. The Morgan fingerprint density at radius 3 is 2.53 bits per heavy atom. The van der Waals surface area contributed by atoms with E-state index in [1.54, 1.807) is 11.8 Å². The molecule has 2 aliphatic rings. The fourth-order valence-corrected chi connectivity index (χ4v) is 3.14. The number of hydrogen-bond donors (Lipinski definition) is 1. The van der Waals surface area contributed by atoms with Gasteiger partial charge in [-0.1, -0.05) is 6.92 Å². The molecule has 2 atom stereocenters. The third kappa shape index (κ3) is 3.01. The number of likely N-dealkylation sites (tertiary alicyclic amines) is 2. The number of nitrogens with zero attached hydrogens (tertiary/aromatic N) is 2. The van der Waals surface area contributed by atoms with Crippen LogP contribution >= 0.6 is 0 Å². The molecule has 2 unspecified atom stereocenters. The minimum atomic E-state index is -0.794. The Hall–Kier alpha value is -1.26. The SMILES string of the molecule is CC1CCCN(C(=O)N2CCCC(C)(C(=O)O)C2)C1. The van der Waals surface area contributed by atoms with E-state index in [9.17, 15) is 14.7 Å². The Labute approximate surface area is 114 Å². The van der Waals surface area contributed by atoms with Gasteiger partial charge in [0.1, 0.15) is 0 Å². The molecule has 1 N–H and O–H groups in total. The number of piperidine rings is 2. The van der Waals surface area contributed by atoms with Crippen LogP contribution in [0, 0.1) is 11.3 Å². The lowest BCUT2D eigenvalue weighted by molar-refractivity contribution is -0.150. The van der Waals surface area contributed by atoms with Gasteiger partial charge in [0.05, 0.1) is 5.41 Å². The minimum absolute atomic E-state index is 0.0266. The molecule has 2 saturated heterocycles. The summed E-state index contributed by atoms with van der Waals surface area (Å²) < 4.78 is 0. The highest BCUT2D eigenvalue weighted by Gasteiger charge is 2.40. The van der Waals surface area contributed by atoms with Crippen LogP contribution in [0.3, 0.4) is 0 Å². The van der Waals surface area contributed by atoms with Crippen LogP contribution in [0.5, 0.6) is 0 Å². The molecule has 0 bridgehead atoms. The highest BCUT2D eigenvalue weighted by molar-refractivity contribution is 5.78. The lowest BCUT2D eigenvalue weighted by Gasteiger charge is -2.41. The molecule has 5 heteroatoms. The van der Waals surface area contributed by atoms with E-state index in [-0.39, 0.29) is 6.03 Å². The molecular formula is C14H24N2O3. The van der Waals surface area contributed by atoms with E-state index in [1.807, 2.05) is 4.90 Å². The number of carbonyl (C=O) groups is 2. The lowest BCUT2D eigenvalue weighted by Crippen LogP contribution is -2.54. The summed E-state index contributed by atoms with van der Waals surface area (Å²) in [6, 6.07) is 0.0266. The van der Waals surface area contributed by atoms with Crippen LogP contribution in [0.25, 0.3) is 0 Å². The number of hydrogen-bond acceptors (Lipinski definition) is 2. The summed E-state index contributed by atoms with van der Waals surface area (Å²) in [7, 11) is 0. The van der Waals surface area contributed by atoms with E-state index in [0.29, 0.717) is 25.4 Å². The maximum absolute atomic E-state index is 12.5. The molecule has 5 nitrogen and oxygen atoms in total. The van der Waals surface area contributed by atoms with Gasteiger partial charge in [-0.05, 0) is 38.5 Å². The van der Waals surface area contributed by atoms with Crippen LogP contribution in [0.4, 0.5) is 4.79 Å². The van der Waals surface area contributed by atoms with E-state index in [0.717, 1.165) is 25.9 Å². The normalized spacial score (nSPS) is 32.2. The van der Waals surface area contributed by atoms with Gasteiger partial charge < -0.3 is 14.9 Å². The van der Waals surface area contributed by atoms with Gasteiger partial charge in [0.2, 0.25) is 0 Å². The minimum Gasteiger partial charge on any atom is -0.481 e. The smallest absolute Gasteiger partial charge is 0.320 e. The van der Waals surface area contributed by atoms with Gasteiger partial charge >= 0.3 is 12.0 Å². The lowest BCUT2D eigenvalue weighted by atomic mass is 9.82. The van der Waals surface area contributed by atoms with E-state index >= 15 is 0 Å². The van der Waals surface area contributed by atoms with Crippen molar-refractivity contribution in [2.75, 3.05) is 26.2 Å². The van der Waals surface area contributed by atoms with Crippen molar-refractivity contribution in [1.82, 2.24) is 9.80 Å². The van der Waals surface area contributed by atoms with Gasteiger partial charge in [-0.15, -0.1) is 0 Å². The summed E-state index contributed by atoms with van der Waals surface area (Å²) in [6.45, 7) is 6.55. The standard InChI is InChI=1S/C14H24N2O3/c1-11-5-3-7-15(9-11)13(19)16-8-4-6-14(2,10-16)12(17)18/h11H,3-10H2,1-2H3,(H,17,18). The van der Waals surface area contributed by atoms with Crippen LogP contribution in [-0.4, -0.2) is 53.1 Å². The molecule has 0 aromatic heterocycles. The maximum atomic E-state index is 12.5. The van der Waals surface area contributed by atoms with Crippen molar-refractivity contribution in [2.45, 2.75) is 39.5 Å². The summed E-state index contributed by atoms with van der Waals surface area (Å²) in [5.41, 5.74) is -0.782. The molecule has 2 amide bonds. The number of amides is 2. The fourth-order valence-electron chi connectivity index (χ4n) is 3.14. The molecule has 2 heterocycles. The Morgan fingerprint density at radius 1 is 1.21 bits per heavy atom. The fraction of sp³-hybridized carbons (Fsp3) is 0.857. The molecule has 19 heavy (non-hydrogen) atoms. The number of carboxylic acids is 1. The molecule has 2 rings (SSSR count). The van der Waals surface area contributed by atoms with Crippen LogP contribution < -0.4 is 0 Å². The second-order valence-corrected chi connectivity index (χ2v) is 6.37. The molecule has 0 aromatic carbocycles. The zero-order valence-electron chi connectivity index (χ0n) is 11.9. The quantitative estimate of drug-likeness (QED) is 0.791. The van der Waals surface area contributed by atoms with E-state index in [4.69, 9.17) is 0 Å². The molecule has 0 spiro atoms. The van der Waals surface area contributed by atoms with E-state index in [2.05, 4.69) is 6.92 Å². The van der Waals surface area contributed by atoms with Crippen LogP contribution in [0.15, 0.2) is 0 Å². The number of urea groups is 1. The zero-order valence-corrected chi connectivity index (χ0v) is 11.9. The molecule has 0 aliphatic carbocycles. The Morgan fingerprint density at radius 2 is 1.89 bits per heavy atom. The van der Waals surface area contributed by atoms with Gasteiger partial charge in [0, 0.05) is 26.2 Å². The molecule has 0 saturated carbocycles. The Kier molecular flexibility index (Phi) is 4.02. The molecular weight excluding hydrogens is 244 g/mol. The molecule has 2 aliphatic heterocycles. The largest absolute Gasteiger partial charge is 0.481 e. The zero-order chi connectivity index (χ0) is 14.0. The highest BCUT2D eigenvalue weighted by Crippen LogP contribution is 2.30. The van der Waals surface area contributed by atoms with Crippen molar-refractivity contribution < 1.29 is 14.7 Å². The first kappa shape index (κ1) is 14.2. The molecule has 108 valence electrons. The second kappa shape index (κ2) is 5.39. The van der Waals surface area contributed by atoms with Crippen molar-refractivity contribution in [3.63, 3.8) is 0 Å². The Bertz CT molecular complexity index is 372. The molecule has 2 fully saturated rings. The van der Waals surface area contributed by atoms with Crippen molar-refractivity contribution in [3.8, 4) is 0 Å². The predicted octanol–water partition coefficient (Wildman–Crippen LogP) is 2.03. The highest BCUT2D eigenvalue weighted by atomic mass is 16.4. The van der Waals surface area contributed by atoms with E-state index in [1.165, 1.54) is 6.42 Å². The summed E-state index contributed by atoms with van der Waals surface area (Å²) in [5.74, 6) is -0.245. The first-order valence-electron chi connectivity index (χ1n) is 7.19. The number of carboxylic acid groups (broad SMARTS) is 1. The third-order valence-corrected chi connectivity index (χ3v) is 4.41. The first-order chi connectivity index (χ1) is 8.92. The second-order valence-electron chi connectivity index (χ2n) is 6.37. The summed E-state index contributed by atoms with van der Waals surface area (Å²) in [6.07, 6.45) is 3.66. The number of carbonyl (C=O) groups excluding carboxylic acids is 1. The average Bonchev–Trinajstić information content (AvgIpc) is 2.38. The van der Waals surface area contributed by atoms with Crippen LogP contribution in [0.1, 0.15) is 39.5 Å². The summed E-state index contributed by atoms with van der Waals surface area (Å²) >= 11 is 0. The van der Waals surface area contributed by atoms with Crippen molar-refractivity contribution >= 4 is 12.0 Å². The topological polar surface area (TPSA) is 60.9 Å².